The summed E-state index contributed by atoms with van der Waals surface area (Å²) < 4.78 is 0. The molecule has 2 rings (SSSR count). The minimum absolute atomic E-state index is 0.0351. The SMILES string of the molecule is O=C(Cc1ccc(O)cc1)N1CCCCCC1CO. The molecule has 19 heavy (non-hydrogen) atoms. The largest absolute Gasteiger partial charge is 0.508 e. The molecule has 4 nitrogen and oxygen atoms in total. The molecule has 1 atom stereocenters. The first-order valence-corrected chi connectivity index (χ1v) is 6.89. The molecule has 1 aromatic carbocycles. The number of likely N-dealkylation sites (tertiary alicyclic amines) is 1. The summed E-state index contributed by atoms with van der Waals surface area (Å²) in [5, 5.41) is 18.6. The van der Waals surface area contributed by atoms with E-state index in [1.807, 2.05) is 4.90 Å². The standard InChI is InChI=1S/C15H21NO3/c17-11-13-4-2-1-3-9-16(13)15(19)10-12-5-7-14(18)8-6-12/h5-8,13,17-18H,1-4,9-11H2. The maximum absolute atomic E-state index is 12.3. The van der Waals surface area contributed by atoms with Gasteiger partial charge in [0, 0.05) is 6.54 Å². The number of aliphatic hydroxyl groups is 1. The molecular weight excluding hydrogens is 242 g/mol. The van der Waals surface area contributed by atoms with Gasteiger partial charge in [-0.25, -0.2) is 0 Å². The van der Waals surface area contributed by atoms with E-state index < -0.39 is 0 Å². The molecule has 1 fully saturated rings. The lowest BCUT2D eigenvalue weighted by molar-refractivity contribution is -0.133. The quantitative estimate of drug-likeness (QED) is 0.872. The number of phenolic OH excluding ortho intramolecular Hbond substituents is 1. The summed E-state index contributed by atoms with van der Waals surface area (Å²) >= 11 is 0. The van der Waals surface area contributed by atoms with Crippen LogP contribution in [0.25, 0.3) is 0 Å². The third-order valence-corrected chi connectivity index (χ3v) is 3.70. The zero-order chi connectivity index (χ0) is 13.7. The van der Waals surface area contributed by atoms with Crippen LogP contribution >= 0.6 is 0 Å². The van der Waals surface area contributed by atoms with Crippen molar-refractivity contribution in [3.05, 3.63) is 29.8 Å². The van der Waals surface area contributed by atoms with E-state index in [0.717, 1.165) is 37.8 Å². The van der Waals surface area contributed by atoms with Gasteiger partial charge in [-0.15, -0.1) is 0 Å². The van der Waals surface area contributed by atoms with Crippen molar-refractivity contribution in [3.8, 4) is 5.75 Å². The van der Waals surface area contributed by atoms with Gasteiger partial charge >= 0.3 is 0 Å². The van der Waals surface area contributed by atoms with Crippen molar-refractivity contribution in [2.24, 2.45) is 0 Å². The highest BCUT2D eigenvalue weighted by molar-refractivity contribution is 5.79. The zero-order valence-corrected chi connectivity index (χ0v) is 11.1. The monoisotopic (exact) mass is 263 g/mol. The van der Waals surface area contributed by atoms with E-state index in [0.29, 0.717) is 6.42 Å². The van der Waals surface area contributed by atoms with Crippen LogP contribution in [-0.2, 0) is 11.2 Å². The molecule has 1 aliphatic heterocycles. The minimum atomic E-state index is -0.0351. The van der Waals surface area contributed by atoms with Gasteiger partial charge in [0.2, 0.25) is 5.91 Å². The molecule has 1 saturated heterocycles. The Morgan fingerprint density at radius 3 is 2.63 bits per heavy atom. The van der Waals surface area contributed by atoms with Gasteiger partial charge in [0.05, 0.1) is 19.1 Å². The Morgan fingerprint density at radius 2 is 1.95 bits per heavy atom. The van der Waals surface area contributed by atoms with E-state index in [2.05, 4.69) is 0 Å². The van der Waals surface area contributed by atoms with Crippen LogP contribution in [0.4, 0.5) is 0 Å². The Labute approximate surface area is 113 Å². The molecule has 1 heterocycles. The molecule has 104 valence electrons. The zero-order valence-electron chi connectivity index (χ0n) is 11.1. The Bertz CT molecular complexity index is 416. The maximum Gasteiger partial charge on any atom is 0.227 e. The number of aliphatic hydroxyl groups excluding tert-OH is 1. The summed E-state index contributed by atoms with van der Waals surface area (Å²) in [4.78, 5) is 14.1. The molecule has 0 aromatic heterocycles. The molecule has 0 radical (unpaired) electrons. The van der Waals surface area contributed by atoms with E-state index in [1.54, 1.807) is 24.3 Å². The highest BCUT2D eigenvalue weighted by atomic mass is 16.3. The van der Waals surface area contributed by atoms with Gasteiger partial charge in [-0.3, -0.25) is 4.79 Å². The number of phenols is 1. The molecule has 1 amide bonds. The molecule has 0 saturated carbocycles. The highest BCUT2D eigenvalue weighted by Crippen LogP contribution is 2.18. The van der Waals surface area contributed by atoms with Gasteiger partial charge in [0.1, 0.15) is 5.75 Å². The Morgan fingerprint density at radius 1 is 1.21 bits per heavy atom. The second kappa shape index (κ2) is 6.57. The first kappa shape index (κ1) is 13.9. The Balaban J connectivity index is 2.02. The highest BCUT2D eigenvalue weighted by Gasteiger charge is 2.24. The molecule has 0 spiro atoms. The molecule has 0 bridgehead atoms. The van der Waals surface area contributed by atoms with Crippen molar-refractivity contribution in [3.63, 3.8) is 0 Å². The van der Waals surface area contributed by atoms with Gasteiger partial charge in [0.15, 0.2) is 0 Å². The van der Waals surface area contributed by atoms with E-state index in [9.17, 15) is 15.0 Å². The number of carbonyl (C=O) groups excluding carboxylic acids is 1. The van der Waals surface area contributed by atoms with Crippen LogP contribution < -0.4 is 0 Å². The number of hydrogen-bond donors (Lipinski definition) is 2. The predicted molar refractivity (Wildman–Crippen MR) is 72.9 cm³/mol. The number of rotatable bonds is 3. The van der Waals surface area contributed by atoms with Gasteiger partial charge in [-0.2, -0.15) is 0 Å². The normalized spacial score (nSPS) is 20.1. The van der Waals surface area contributed by atoms with Crippen molar-refractivity contribution < 1.29 is 15.0 Å². The van der Waals surface area contributed by atoms with Crippen LogP contribution in [0.1, 0.15) is 31.2 Å². The summed E-state index contributed by atoms with van der Waals surface area (Å²) in [5.41, 5.74) is 0.892. The lowest BCUT2D eigenvalue weighted by Gasteiger charge is -2.28. The van der Waals surface area contributed by atoms with Crippen molar-refractivity contribution >= 4 is 5.91 Å². The second-order valence-electron chi connectivity index (χ2n) is 5.12. The summed E-state index contributed by atoms with van der Waals surface area (Å²) in [6.07, 6.45) is 4.43. The molecule has 2 N–H and O–H groups in total. The van der Waals surface area contributed by atoms with Gasteiger partial charge < -0.3 is 15.1 Å². The lowest BCUT2D eigenvalue weighted by atomic mass is 10.1. The molecule has 4 heteroatoms. The third-order valence-electron chi connectivity index (χ3n) is 3.70. The average molecular weight is 263 g/mol. The molecule has 0 aliphatic carbocycles. The predicted octanol–water partition coefficient (Wildman–Crippen LogP) is 1.70. The lowest BCUT2D eigenvalue weighted by Crippen LogP contribution is -2.42. The Hall–Kier alpha value is -1.55. The van der Waals surface area contributed by atoms with Crippen molar-refractivity contribution in [1.82, 2.24) is 4.90 Å². The van der Waals surface area contributed by atoms with Crippen LogP contribution in [-0.4, -0.2) is 40.2 Å². The van der Waals surface area contributed by atoms with Crippen molar-refractivity contribution in [2.45, 2.75) is 38.1 Å². The molecular formula is C15H21NO3. The van der Waals surface area contributed by atoms with E-state index in [4.69, 9.17) is 0 Å². The van der Waals surface area contributed by atoms with Crippen LogP contribution in [0.2, 0.25) is 0 Å². The summed E-state index contributed by atoms with van der Waals surface area (Å²) in [5.74, 6) is 0.269. The van der Waals surface area contributed by atoms with Gasteiger partial charge in [-0.05, 0) is 30.5 Å². The number of hydrogen-bond acceptors (Lipinski definition) is 3. The fourth-order valence-corrected chi connectivity index (χ4v) is 2.59. The second-order valence-corrected chi connectivity index (χ2v) is 5.12. The summed E-state index contributed by atoms with van der Waals surface area (Å²) in [6, 6.07) is 6.67. The van der Waals surface area contributed by atoms with Crippen molar-refractivity contribution in [1.29, 1.82) is 0 Å². The van der Waals surface area contributed by atoms with Crippen LogP contribution in [0.15, 0.2) is 24.3 Å². The number of aromatic hydroxyl groups is 1. The minimum Gasteiger partial charge on any atom is -0.508 e. The molecule has 1 unspecified atom stereocenters. The van der Waals surface area contributed by atoms with Gasteiger partial charge in [-0.1, -0.05) is 25.0 Å². The fourth-order valence-electron chi connectivity index (χ4n) is 2.59. The first-order valence-electron chi connectivity index (χ1n) is 6.89. The number of benzene rings is 1. The molecule has 1 aromatic rings. The smallest absolute Gasteiger partial charge is 0.227 e. The summed E-state index contributed by atoms with van der Waals surface area (Å²) in [6.45, 7) is 0.781. The van der Waals surface area contributed by atoms with E-state index in [1.165, 1.54) is 0 Å². The molecule has 1 aliphatic rings. The number of carbonyl (C=O) groups is 1. The topological polar surface area (TPSA) is 60.8 Å². The first-order chi connectivity index (χ1) is 9.20. The third kappa shape index (κ3) is 3.70. The van der Waals surface area contributed by atoms with Gasteiger partial charge in [0.25, 0.3) is 0 Å². The summed E-state index contributed by atoms with van der Waals surface area (Å²) in [7, 11) is 0. The van der Waals surface area contributed by atoms with E-state index in [-0.39, 0.29) is 24.3 Å². The number of amides is 1. The van der Waals surface area contributed by atoms with Crippen LogP contribution in [0.5, 0.6) is 5.75 Å². The fraction of sp³-hybridized carbons (Fsp3) is 0.533. The Kier molecular flexibility index (Phi) is 4.80. The van der Waals surface area contributed by atoms with E-state index >= 15 is 0 Å². The van der Waals surface area contributed by atoms with Crippen LogP contribution in [0, 0.1) is 0 Å². The maximum atomic E-state index is 12.3. The average Bonchev–Trinajstić information content (AvgIpc) is 2.66. The van der Waals surface area contributed by atoms with Crippen LogP contribution in [0.3, 0.4) is 0 Å². The van der Waals surface area contributed by atoms with Crippen molar-refractivity contribution in [2.75, 3.05) is 13.2 Å². The number of nitrogens with zero attached hydrogens (tertiary/aromatic N) is 1.